The maximum atomic E-state index is 12.5. The summed E-state index contributed by atoms with van der Waals surface area (Å²) in [5, 5.41) is 14.8. The van der Waals surface area contributed by atoms with Gasteiger partial charge in [0.1, 0.15) is 11.9 Å². The quantitative estimate of drug-likeness (QED) is 0.568. The van der Waals surface area contributed by atoms with Crippen molar-refractivity contribution in [2.75, 3.05) is 5.32 Å². The number of anilines is 1. The van der Waals surface area contributed by atoms with Gasteiger partial charge in [-0.3, -0.25) is 4.79 Å². The Hall–Kier alpha value is -3.00. The number of amides is 1. The first kappa shape index (κ1) is 15.5. The van der Waals surface area contributed by atoms with E-state index >= 15 is 0 Å². The second-order valence-electron chi connectivity index (χ2n) is 5.45. The number of nitrogens with zero attached hydrogens (tertiary/aromatic N) is 4. The molecule has 2 aromatic heterocycles. The first-order valence-electron chi connectivity index (χ1n) is 7.45. The van der Waals surface area contributed by atoms with Crippen LogP contribution in [0.15, 0.2) is 57.7 Å². The molecule has 7 nitrogen and oxygen atoms in total. The van der Waals surface area contributed by atoms with Crippen LogP contribution >= 0.6 is 15.9 Å². The van der Waals surface area contributed by atoms with E-state index < -0.39 is 0 Å². The number of nitrogens with one attached hydrogen (secondary N) is 1. The third-order valence-corrected chi connectivity index (χ3v) is 4.34. The molecule has 2 heterocycles. The SMILES string of the molecule is Cc1c(C(=O)Nc2ccc(-n3cnnn3)cc2)oc2cc(Br)ccc12. The van der Waals surface area contributed by atoms with Gasteiger partial charge in [-0.1, -0.05) is 15.9 Å². The summed E-state index contributed by atoms with van der Waals surface area (Å²) in [6.07, 6.45) is 1.50. The molecular formula is C17H12BrN5O2. The van der Waals surface area contributed by atoms with Gasteiger partial charge in [0.25, 0.3) is 5.91 Å². The number of carbonyl (C=O) groups excluding carboxylic acids is 1. The second-order valence-corrected chi connectivity index (χ2v) is 6.37. The molecule has 0 radical (unpaired) electrons. The van der Waals surface area contributed by atoms with E-state index in [0.717, 1.165) is 21.1 Å². The zero-order valence-corrected chi connectivity index (χ0v) is 14.7. The number of furan rings is 1. The summed E-state index contributed by atoms with van der Waals surface area (Å²) in [5.74, 6) is 0.0117. The van der Waals surface area contributed by atoms with Crippen molar-refractivity contribution >= 4 is 38.5 Å². The van der Waals surface area contributed by atoms with Gasteiger partial charge in [0.2, 0.25) is 0 Å². The van der Waals surface area contributed by atoms with Crippen LogP contribution in [0, 0.1) is 6.92 Å². The van der Waals surface area contributed by atoms with Gasteiger partial charge < -0.3 is 9.73 Å². The molecule has 8 heteroatoms. The standard InChI is InChI=1S/C17H12BrN5O2/c1-10-14-7-2-11(18)8-15(14)25-16(10)17(24)20-12-3-5-13(6-4-12)23-9-19-21-22-23/h2-9H,1H3,(H,20,24). The highest BCUT2D eigenvalue weighted by molar-refractivity contribution is 9.10. The normalized spacial score (nSPS) is 11.0. The minimum absolute atomic E-state index is 0.292. The number of hydrogen-bond donors (Lipinski definition) is 1. The highest BCUT2D eigenvalue weighted by Gasteiger charge is 2.18. The lowest BCUT2D eigenvalue weighted by molar-refractivity contribution is 0.0998. The zero-order chi connectivity index (χ0) is 17.4. The molecule has 0 spiro atoms. The summed E-state index contributed by atoms with van der Waals surface area (Å²) in [5.41, 5.74) is 2.94. The topological polar surface area (TPSA) is 85.8 Å². The summed E-state index contributed by atoms with van der Waals surface area (Å²) in [6, 6.07) is 12.9. The second kappa shape index (κ2) is 6.14. The van der Waals surface area contributed by atoms with E-state index in [1.165, 1.54) is 11.0 Å². The van der Waals surface area contributed by atoms with E-state index in [1.54, 1.807) is 12.1 Å². The number of hydrogen-bond acceptors (Lipinski definition) is 5. The molecule has 2 aromatic carbocycles. The maximum Gasteiger partial charge on any atom is 0.291 e. The molecule has 0 saturated carbocycles. The van der Waals surface area contributed by atoms with E-state index in [-0.39, 0.29) is 5.91 Å². The third-order valence-electron chi connectivity index (χ3n) is 3.85. The Labute approximate surface area is 150 Å². The average Bonchev–Trinajstić information content (AvgIpc) is 3.24. The Morgan fingerprint density at radius 1 is 1.20 bits per heavy atom. The molecule has 0 atom stereocenters. The lowest BCUT2D eigenvalue weighted by Crippen LogP contribution is -2.12. The van der Waals surface area contributed by atoms with Crippen LogP contribution in [0.1, 0.15) is 16.1 Å². The number of aryl methyl sites for hydroxylation is 1. The van der Waals surface area contributed by atoms with Gasteiger partial charge in [0.15, 0.2) is 5.76 Å². The van der Waals surface area contributed by atoms with Crippen LogP contribution in [0.3, 0.4) is 0 Å². The van der Waals surface area contributed by atoms with Crippen LogP contribution in [0.5, 0.6) is 0 Å². The minimum Gasteiger partial charge on any atom is -0.451 e. The fourth-order valence-electron chi connectivity index (χ4n) is 2.58. The smallest absolute Gasteiger partial charge is 0.291 e. The van der Waals surface area contributed by atoms with E-state index in [1.807, 2.05) is 37.3 Å². The molecule has 0 fully saturated rings. The predicted octanol–water partition coefficient (Wildman–Crippen LogP) is 3.73. The van der Waals surface area contributed by atoms with Crippen molar-refractivity contribution in [1.29, 1.82) is 0 Å². The number of rotatable bonds is 3. The van der Waals surface area contributed by atoms with Gasteiger partial charge in [-0.15, -0.1) is 5.10 Å². The predicted molar refractivity (Wildman–Crippen MR) is 95.8 cm³/mol. The molecule has 124 valence electrons. The van der Waals surface area contributed by atoms with Crippen molar-refractivity contribution < 1.29 is 9.21 Å². The Kier molecular flexibility index (Phi) is 3.81. The molecule has 0 bridgehead atoms. The van der Waals surface area contributed by atoms with Crippen LogP contribution in [0.25, 0.3) is 16.7 Å². The van der Waals surface area contributed by atoms with Gasteiger partial charge in [0, 0.05) is 21.1 Å². The molecule has 1 amide bonds. The Morgan fingerprint density at radius 2 is 2.00 bits per heavy atom. The fourth-order valence-corrected chi connectivity index (χ4v) is 2.92. The first-order valence-corrected chi connectivity index (χ1v) is 8.24. The van der Waals surface area contributed by atoms with Crippen LogP contribution in [-0.2, 0) is 0 Å². The van der Waals surface area contributed by atoms with Crippen molar-refractivity contribution in [3.05, 3.63) is 64.6 Å². The number of halogens is 1. The number of aromatic nitrogens is 4. The van der Waals surface area contributed by atoms with Crippen molar-refractivity contribution in [2.45, 2.75) is 6.92 Å². The summed E-state index contributed by atoms with van der Waals surface area (Å²) in [7, 11) is 0. The van der Waals surface area contributed by atoms with Gasteiger partial charge in [-0.2, -0.15) is 0 Å². The Balaban J connectivity index is 1.59. The average molecular weight is 398 g/mol. The molecule has 25 heavy (non-hydrogen) atoms. The highest BCUT2D eigenvalue weighted by Crippen LogP contribution is 2.28. The molecule has 0 aliphatic heterocycles. The lowest BCUT2D eigenvalue weighted by Gasteiger charge is -2.05. The molecule has 4 aromatic rings. The zero-order valence-electron chi connectivity index (χ0n) is 13.1. The fraction of sp³-hybridized carbons (Fsp3) is 0.0588. The Bertz CT molecular complexity index is 1050. The van der Waals surface area contributed by atoms with Crippen LogP contribution in [0.2, 0.25) is 0 Å². The maximum absolute atomic E-state index is 12.5. The summed E-state index contributed by atoms with van der Waals surface area (Å²) in [4.78, 5) is 12.5. The third kappa shape index (κ3) is 2.91. The molecule has 4 rings (SSSR count). The highest BCUT2D eigenvalue weighted by atomic mass is 79.9. The van der Waals surface area contributed by atoms with Crippen molar-refractivity contribution in [1.82, 2.24) is 20.2 Å². The van der Waals surface area contributed by atoms with E-state index in [4.69, 9.17) is 4.42 Å². The molecule has 1 N–H and O–H groups in total. The van der Waals surface area contributed by atoms with Crippen LogP contribution < -0.4 is 5.32 Å². The summed E-state index contributed by atoms with van der Waals surface area (Å²) < 4.78 is 8.16. The lowest BCUT2D eigenvalue weighted by atomic mass is 10.1. The van der Waals surface area contributed by atoms with E-state index in [9.17, 15) is 4.79 Å². The number of tetrazole rings is 1. The van der Waals surface area contributed by atoms with E-state index in [0.29, 0.717) is 17.0 Å². The minimum atomic E-state index is -0.292. The van der Waals surface area contributed by atoms with Gasteiger partial charge in [-0.25, -0.2) is 4.68 Å². The number of carbonyl (C=O) groups is 1. The van der Waals surface area contributed by atoms with Crippen molar-refractivity contribution in [2.24, 2.45) is 0 Å². The molecule has 0 aliphatic rings. The van der Waals surface area contributed by atoms with Gasteiger partial charge in [-0.05, 0) is 59.8 Å². The van der Waals surface area contributed by atoms with Crippen LogP contribution in [-0.4, -0.2) is 26.1 Å². The summed E-state index contributed by atoms with van der Waals surface area (Å²) in [6.45, 7) is 1.87. The van der Waals surface area contributed by atoms with Crippen molar-refractivity contribution in [3.63, 3.8) is 0 Å². The Morgan fingerprint density at radius 3 is 2.72 bits per heavy atom. The van der Waals surface area contributed by atoms with Gasteiger partial charge >= 0.3 is 0 Å². The molecule has 0 unspecified atom stereocenters. The van der Waals surface area contributed by atoms with Crippen molar-refractivity contribution in [3.8, 4) is 5.69 Å². The molecular weight excluding hydrogens is 386 g/mol. The monoisotopic (exact) mass is 397 g/mol. The number of benzene rings is 2. The first-order chi connectivity index (χ1) is 12.1. The van der Waals surface area contributed by atoms with Crippen LogP contribution in [0.4, 0.5) is 5.69 Å². The largest absolute Gasteiger partial charge is 0.451 e. The molecule has 0 aliphatic carbocycles. The summed E-state index contributed by atoms with van der Waals surface area (Å²) >= 11 is 3.40. The number of fused-ring (bicyclic) bond motifs is 1. The van der Waals surface area contributed by atoms with Gasteiger partial charge in [0.05, 0.1) is 5.69 Å². The molecule has 0 saturated heterocycles. The van der Waals surface area contributed by atoms with E-state index in [2.05, 4.69) is 36.8 Å².